The molecule has 0 fully saturated rings. The minimum atomic E-state index is -2.55. The van der Waals surface area contributed by atoms with Crippen LogP contribution < -0.4 is 5.73 Å². The number of carbonyl (C=O) groups is 1. The number of hydrogen-bond acceptors (Lipinski definition) is 2. The molecule has 0 aliphatic carbocycles. The number of nitrogens with zero attached hydrogens (tertiary/aromatic N) is 1. The van der Waals surface area contributed by atoms with Gasteiger partial charge in [0, 0.05) is 18.7 Å². The van der Waals surface area contributed by atoms with E-state index in [0.29, 0.717) is 12.0 Å². The lowest BCUT2D eigenvalue weighted by molar-refractivity contribution is 0.0562. The summed E-state index contributed by atoms with van der Waals surface area (Å²) in [4.78, 5) is 13.3. The fourth-order valence-electron chi connectivity index (χ4n) is 1.81. The first-order chi connectivity index (χ1) is 8.60. The van der Waals surface area contributed by atoms with Crippen molar-refractivity contribution in [2.45, 2.75) is 19.8 Å². The van der Waals surface area contributed by atoms with Crippen LogP contribution in [-0.4, -0.2) is 36.9 Å². The fourth-order valence-corrected chi connectivity index (χ4v) is 1.81. The molecule has 5 heteroatoms. The summed E-state index contributed by atoms with van der Waals surface area (Å²) < 4.78 is 24.9. The highest BCUT2D eigenvalue weighted by Crippen LogP contribution is 2.13. The highest BCUT2D eigenvalue weighted by Gasteiger charge is 2.20. The molecule has 1 amide bonds. The SMILES string of the molecule is CCc1ccccc1C(=O)N(CCN)CC(F)F. The number of alkyl halides is 2. The summed E-state index contributed by atoms with van der Waals surface area (Å²) >= 11 is 0. The summed E-state index contributed by atoms with van der Waals surface area (Å²) in [7, 11) is 0. The van der Waals surface area contributed by atoms with E-state index in [1.807, 2.05) is 19.1 Å². The molecule has 3 nitrogen and oxygen atoms in total. The van der Waals surface area contributed by atoms with Crippen LogP contribution in [0.15, 0.2) is 24.3 Å². The van der Waals surface area contributed by atoms with Gasteiger partial charge in [-0.05, 0) is 18.1 Å². The maximum atomic E-state index is 12.4. The van der Waals surface area contributed by atoms with Crippen molar-refractivity contribution < 1.29 is 13.6 Å². The van der Waals surface area contributed by atoms with Gasteiger partial charge in [0.1, 0.15) is 0 Å². The van der Waals surface area contributed by atoms with Crippen molar-refractivity contribution in [3.05, 3.63) is 35.4 Å². The van der Waals surface area contributed by atoms with E-state index in [1.54, 1.807) is 12.1 Å². The van der Waals surface area contributed by atoms with Crippen molar-refractivity contribution >= 4 is 5.91 Å². The zero-order valence-corrected chi connectivity index (χ0v) is 10.4. The molecule has 0 bridgehead atoms. The third kappa shape index (κ3) is 3.77. The number of hydrogen-bond donors (Lipinski definition) is 1. The largest absolute Gasteiger partial charge is 0.332 e. The topological polar surface area (TPSA) is 46.3 Å². The maximum absolute atomic E-state index is 12.4. The quantitative estimate of drug-likeness (QED) is 0.845. The van der Waals surface area contributed by atoms with Crippen LogP contribution in [0.3, 0.4) is 0 Å². The number of aryl methyl sites for hydroxylation is 1. The summed E-state index contributed by atoms with van der Waals surface area (Å²) in [6.07, 6.45) is -1.86. The first-order valence-corrected chi connectivity index (χ1v) is 5.95. The minimum Gasteiger partial charge on any atom is -0.332 e. The Bertz CT molecular complexity index is 396. The first-order valence-electron chi connectivity index (χ1n) is 5.95. The van der Waals surface area contributed by atoms with Crippen molar-refractivity contribution in [1.29, 1.82) is 0 Å². The van der Waals surface area contributed by atoms with E-state index in [0.717, 1.165) is 10.5 Å². The lowest BCUT2D eigenvalue weighted by atomic mass is 10.0. The van der Waals surface area contributed by atoms with E-state index in [9.17, 15) is 13.6 Å². The highest BCUT2D eigenvalue weighted by molar-refractivity contribution is 5.95. The van der Waals surface area contributed by atoms with E-state index in [2.05, 4.69) is 0 Å². The Balaban J connectivity index is 2.94. The molecule has 0 heterocycles. The van der Waals surface area contributed by atoms with Crippen LogP contribution in [0.5, 0.6) is 0 Å². The number of amides is 1. The van der Waals surface area contributed by atoms with E-state index in [1.165, 1.54) is 0 Å². The first kappa shape index (κ1) is 14.6. The molecule has 0 radical (unpaired) electrons. The van der Waals surface area contributed by atoms with Gasteiger partial charge in [-0.25, -0.2) is 8.78 Å². The number of carbonyl (C=O) groups excluding carboxylic acids is 1. The van der Waals surface area contributed by atoms with Crippen LogP contribution in [-0.2, 0) is 6.42 Å². The van der Waals surface area contributed by atoms with Gasteiger partial charge in [-0.2, -0.15) is 0 Å². The monoisotopic (exact) mass is 256 g/mol. The van der Waals surface area contributed by atoms with Gasteiger partial charge in [-0.3, -0.25) is 4.79 Å². The van der Waals surface area contributed by atoms with E-state index in [4.69, 9.17) is 5.73 Å². The third-order valence-electron chi connectivity index (χ3n) is 2.67. The summed E-state index contributed by atoms with van der Waals surface area (Å²) in [5.74, 6) is -0.377. The van der Waals surface area contributed by atoms with Gasteiger partial charge in [0.2, 0.25) is 0 Å². The van der Waals surface area contributed by atoms with E-state index in [-0.39, 0.29) is 19.0 Å². The number of rotatable bonds is 6. The lowest BCUT2D eigenvalue weighted by Crippen LogP contribution is -2.39. The number of nitrogens with two attached hydrogens (primary N) is 1. The average molecular weight is 256 g/mol. The molecule has 100 valence electrons. The Morgan fingerprint density at radius 3 is 2.61 bits per heavy atom. The summed E-state index contributed by atoms with van der Waals surface area (Å²) in [6.45, 7) is 1.66. The zero-order chi connectivity index (χ0) is 13.5. The highest BCUT2D eigenvalue weighted by atomic mass is 19.3. The molecule has 0 unspecified atom stereocenters. The van der Waals surface area contributed by atoms with Crippen LogP contribution in [0.4, 0.5) is 8.78 Å². The fraction of sp³-hybridized carbons (Fsp3) is 0.462. The average Bonchev–Trinajstić information content (AvgIpc) is 2.37. The molecule has 2 N–H and O–H groups in total. The molecule has 0 aliphatic heterocycles. The Morgan fingerprint density at radius 1 is 1.39 bits per heavy atom. The van der Waals surface area contributed by atoms with Gasteiger partial charge in [0.25, 0.3) is 12.3 Å². The predicted molar refractivity (Wildman–Crippen MR) is 66.8 cm³/mol. The maximum Gasteiger partial charge on any atom is 0.255 e. The van der Waals surface area contributed by atoms with Crippen molar-refractivity contribution in [3.8, 4) is 0 Å². The Hall–Kier alpha value is -1.49. The molecule has 0 saturated heterocycles. The van der Waals surface area contributed by atoms with Gasteiger partial charge in [-0.1, -0.05) is 25.1 Å². The van der Waals surface area contributed by atoms with Crippen LogP contribution >= 0.6 is 0 Å². The van der Waals surface area contributed by atoms with Crippen molar-refractivity contribution in [2.75, 3.05) is 19.6 Å². The molecule has 1 aromatic carbocycles. The molecular formula is C13H18F2N2O. The van der Waals surface area contributed by atoms with Gasteiger partial charge in [-0.15, -0.1) is 0 Å². The second-order valence-electron chi connectivity index (χ2n) is 3.94. The molecular weight excluding hydrogens is 238 g/mol. The second kappa shape index (κ2) is 7.06. The van der Waals surface area contributed by atoms with Gasteiger partial charge >= 0.3 is 0 Å². The third-order valence-corrected chi connectivity index (χ3v) is 2.67. The Labute approximate surface area is 106 Å². The van der Waals surface area contributed by atoms with Crippen LogP contribution in [0.1, 0.15) is 22.8 Å². The zero-order valence-electron chi connectivity index (χ0n) is 10.4. The predicted octanol–water partition coefficient (Wildman–Crippen LogP) is 1.92. The van der Waals surface area contributed by atoms with Crippen molar-refractivity contribution in [1.82, 2.24) is 4.90 Å². The van der Waals surface area contributed by atoms with Gasteiger partial charge < -0.3 is 10.6 Å². The van der Waals surface area contributed by atoms with Crippen LogP contribution in [0.2, 0.25) is 0 Å². The molecule has 0 spiro atoms. The molecule has 0 atom stereocenters. The number of halogens is 2. The lowest BCUT2D eigenvalue weighted by Gasteiger charge is -2.22. The molecule has 0 aliphatic rings. The number of benzene rings is 1. The molecule has 0 aromatic heterocycles. The Kier molecular flexibility index (Phi) is 5.71. The molecule has 18 heavy (non-hydrogen) atoms. The summed E-state index contributed by atoms with van der Waals surface area (Å²) in [5.41, 5.74) is 6.69. The van der Waals surface area contributed by atoms with Gasteiger partial charge in [0.15, 0.2) is 0 Å². The van der Waals surface area contributed by atoms with E-state index < -0.39 is 13.0 Å². The summed E-state index contributed by atoms with van der Waals surface area (Å²) in [6, 6.07) is 7.05. The minimum absolute atomic E-state index is 0.140. The van der Waals surface area contributed by atoms with Crippen LogP contribution in [0.25, 0.3) is 0 Å². The van der Waals surface area contributed by atoms with Crippen LogP contribution in [0, 0.1) is 0 Å². The van der Waals surface area contributed by atoms with Crippen molar-refractivity contribution in [2.24, 2.45) is 5.73 Å². The van der Waals surface area contributed by atoms with E-state index >= 15 is 0 Å². The van der Waals surface area contributed by atoms with Gasteiger partial charge in [0.05, 0.1) is 6.54 Å². The smallest absolute Gasteiger partial charge is 0.255 e. The normalized spacial score (nSPS) is 10.7. The van der Waals surface area contributed by atoms with Crippen molar-refractivity contribution in [3.63, 3.8) is 0 Å². The molecule has 1 rings (SSSR count). The Morgan fingerprint density at radius 2 is 2.06 bits per heavy atom. The standard InChI is InChI=1S/C13H18F2N2O/c1-2-10-5-3-4-6-11(10)13(18)17(8-7-16)9-12(14)15/h3-6,12H,2,7-9,16H2,1H3. The second-order valence-corrected chi connectivity index (χ2v) is 3.94. The molecule has 0 saturated carbocycles. The summed E-state index contributed by atoms with van der Waals surface area (Å²) in [5, 5.41) is 0. The molecule has 1 aromatic rings.